The summed E-state index contributed by atoms with van der Waals surface area (Å²) in [5.41, 5.74) is 0.967. The quantitative estimate of drug-likeness (QED) is 0.488. The maximum absolute atomic E-state index is 11.0. The SMILES string of the molecule is CC(=O)O[C@H]([C@@H]1O[C@@H]1c1ccccc1)C(Cl)(Cl)Cl. The van der Waals surface area contributed by atoms with Gasteiger partial charge in [-0.05, 0) is 5.56 Å². The second kappa shape index (κ2) is 5.25. The Balaban J connectivity index is 2.09. The van der Waals surface area contributed by atoms with Gasteiger partial charge in [-0.25, -0.2) is 0 Å². The number of rotatable bonds is 3. The van der Waals surface area contributed by atoms with Gasteiger partial charge in [0.05, 0.1) is 0 Å². The van der Waals surface area contributed by atoms with Gasteiger partial charge < -0.3 is 9.47 Å². The standard InChI is InChI=1S/C12H11Cl3O3/c1-7(16)17-11(12(13,14)15)10-9(18-10)8-5-3-2-4-6-8/h2-6,9-11H,1H3/t9-,10-,11-/m1/s1. The molecule has 1 heterocycles. The predicted octanol–water partition coefficient (Wildman–Crippen LogP) is 3.43. The number of epoxide rings is 1. The molecule has 0 aromatic heterocycles. The first-order valence-corrected chi connectivity index (χ1v) is 6.47. The van der Waals surface area contributed by atoms with Gasteiger partial charge in [0.25, 0.3) is 0 Å². The fourth-order valence-corrected chi connectivity index (χ4v) is 2.27. The van der Waals surface area contributed by atoms with Crippen LogP contribution in [0.3, 0.4) is 0 Å². The highest BCUT2D eigenvalue weighted by molar-refractivity contribution is 6.68. The van der Waals surface area contributed by atoms with Gasteiger partial charge >= 0.3 is 5.97 Å². The van der Waals surface area contributed by atoms with Gasteiger partial charge in [0, 0.05) is 6.92 Å². The van der Waals surface area contributed by atoms with Crippen LogP contribution in [-0.2, 0) is 14.3 Å². The second-order valence-corrected chi connectivity index (χ2v) is 6.37. The molecule has 0 unspecified atom stereocenters. The fourth-order valence-electron chi connectivity index (χ4n) is 1.76. The van der Waals surface area contributed by atoms with Gasteiger partial charge in [-0.15, -0.1) is 0 Å². The molecule has 18 heavy (non-hydrogen) atoms. The number of hydrogen-bond acceptors (Lipinski definition) is 3. The Morgan fingerprint density at radius 1 is 1.33 bits per heavy atom. The Hall–Kier alpha value is -0.480. The summed E-state index contributed by atoms with van der Waals surface area (Å²) in [5.74, 6) is -0.506. The molecule has 3 nitrogen and oxygen atoms in total. The Morgan fingerprint density at radius 3 is 2.44 bits per heavy atom. The summed E-state index contributed by atoms with van der Waals surface area (Å²) in [6.45, 7) is 1.27. The lowest BCUT2D eigenvalue weighted by molar-refractivity contribution is -0.147. The first-order chi connectivity index (χ1) is 8.39. The van der Waals surface area contributed by atoms with E-state index >= 15 is 0 Å². The third-order valence-corrected chi connectivity index (χ3v) is 3.21. The number of ether oxygens (including phenoxy) is 2. The molecule has 1 aliphatic heterocycles. The van der Waals surface area contributed by atoms with Crippen molar-refractivity contribution in [2.24, 2.45) is 0 Å². The molecule has 1 saturated heterocycles. The van der Waals surface area contributed by atoms with Crippen LogP contribution in [0.5, 0.6) is 0 Å². The van der Waals surface area contributed by atoms with E-state index in [4.69, 9.17) is 44.3 Å². The summed E-state index contributed by atoms with van der Waals surface area (Å²) < 4.78 is 8.78. The molecule has 0 bridgehead atoms. The van der Waals surface area contributed by atoms with Crippen LogP contribution in [0.2, 0.25) is 0 Å². The monoisotopic (exact) mass is 308 g/mol. The van der Waals surface area contributed by atoms with Crippen LogP contribution in [0.4, 0.5) is 0 Å². The summed E-state index contributed by atoms with van der Waals surface area (Å²) in [5, 5.41) is 0. The average Bonchev–Trinajstić information content (AvgIpc) is 3.05. The summed E-state index contributed by atoms with van der Waals surface area (Å²) in [6, 6.07) is 9.51. The summed E-state index contributed by atoms with van der Waals surface area (Å²) in [6.07, 6.45) is -1.54. The predicted molar refractivity (Wildman–Crippen MR) is 69.9 cm³/mol. The first-order valence-electron chi connectivity index (χ1n) is 5.34. The van der Waals surface area contributed by atoms with E-state index in [-0.39, 0.29) is 6.10 Å². The Kier molecular flexibility index (Phi) is 4.07. The molecule has 0 radical (unpaired) electrons. The van der Waals surface area contributed by atoms with Crippen LogP contribution in [0.1, 0.15) is 18.6 Å². The van der Waals surface area contributed by atoms with Crippen molar-refractivity contribution in [3.63, 3.8) is 0 Å². The maximum atomic E-state index is 11.0. The number of halogens is 3. The van der Waals surface area contributed by atoms with Crippen LogP contribution < -0.4 is 0 Å². The van der Waals surface area contributed by atoms with Gasteiger partial charge in [-0.1, -0.05) is 65.1 Å². The minimum atomic E-state index is -1.71. The van der Waals surface area contributed by atoms with Crippen molar-refractivity contribution in [1.29, 1.82) is 0 Å². The van der Waals surface area contributed by atoms with Crippen molar-refractivity contribution in [2.45, 2.75) is 29.0 Å². The van der Waals surface area contributed by atoms with Crippen LogP contribution >= 0.6 is 34.8 Å². The van der Waals surface area contributed by atoms with Crippen molar-refractivity contribution in [3.05, 3.63) is 35.9 Å². The highest BCUT2D eigenvalue weighted by Gasteiger charge is 2.55. The van der Waals surface area contributed by atoms with Crippen LogP contribution in [-0.4, -0.2) is 22.0 Å². The van der Waals surface area contributed by atoms with Crippen molar-refractivity contribution in [2.75, 3.05) is 0 Å². The Morgan fingerprint density at radius 2 is 1.94 bits per heavy atom. The molecule has 0 spiro atoms. The lowest BCUT2D eigenvalue weighted by Gasteiger charge is -2.22. The number of alkyl halides is 3. The largest absolute Gasteiger partial charge is 0.455 e. The number of carbonyl (C=O) groups is 1. The van der Waals surface area contributed by atoms with Crippen molar-refractivity contribution in [3.8, 4) is 0 Å². The van der Waals surface area contributed by atoms with Crippen molar-refractivity contribution in [1.82, 2.24) is 0 Å². The lowest BCUT2D eigenvalue weighted by Crippen LogP contribution is -2.35. The zero-order valence-electron chi connectivity index (χ0n) is 9.48. The number of hydrogen-bond donors (Lipinski definition) is 0. The maximum Gasteiger partial charge on any atom is 0.303 e. The highest BCUT2D eigenvalue weighted by atomic mass is 35.6. The molecule has 0 amide bonds. The normalized spacial score (nSPS) is 24.4. The summed E-state index contributed by atoms with van der Waals surface area (Å²) in [7, 11) is 0. The molecular weight excluding hydrogens is 298 g/mol. The van der Waals surface area contributed by atoms with E-state index in [1.54, 1.807) is 0 Å². The third kappa shape index (κ3) is 3.29. The molecule has 1 aromatic rings. The first kappa shape index (κ1) is 13.9. The van der Waals surface area contributed by atoms with Crippen LogP contribution in [0.15, 0.2) is 30.3 Å². The Bertz CT molecular complexity index is 430. The zero-order chi connectivity index (χ0) is 13.3. The molecular formula is C12H11Cl3O3. The highest BCUT2D eigenvalue weighted by Crippen LogP contribution is 2.48. The van der Waals surface area contributed by atoms with Crippen molar-refractivity contribution < 1.29 is 14.3 Å². The molecule has 1 fully saturated rings. The zero-order valence-corrected chi connectivity index (χ0v) is 11.7. The molecule has 3 atom stereocenters. The van der Waals surface area contributed by atoms with Crippen molar-refractivity contribution >= 4 is 40.8 Å². The van der Waals surface area contributed by atoms with E-state index < -0.39 is 22.0 Å². The van der Waals surface area contributed by atoms with E-state index in [1.165, 1.54) is 6.92 Å². The van der Waals surface area contributed by atoms with Gasteiger partial charge in [0.1, 0.15) is 12.2 Å². The molecule has 1 aromatic carbocycles. The molecule has 0 saturated carbocycles. The smallest absolute Gasteiger partial charge is 0.303 e. The van der Waals surface area contributed by atoms with Crippen LogP contribution in [0.25, 0.3) is 0 Å². The number of carbonyl (C=O) groups excluding carboxylic acids is 1. The minimum absolute atomic E-state index is 0.203. The van der Waals surface area contributed by atoms with E-state index in [2.05, 4.69) is 0 Å². The average molecular weight is 310 g/mol. The summed E-state index contributed by atoms with van der Waals surface area (Å²) in [4.78, 5) is 11.0. The third-order valence-electron chi connectivity index (χ3n) is 2.57. The number of benzene rings is 1. The molecule has 0 N–H and O–H groups in total. The van der Waals surface area contributed by atoms with Gasteiger partial charge in [-0.2, -0.15) is 0 Å². The van der Waals surface area contributed by atoms with E-state index in [9.17, 15) is 4.79 Å². The molecule has 98 valence electrons. The van der Waals surface area contributed by atoms with E-state index in [0.29, 0.717) is 0 Å². The van der Waals surface area contributed by atoms with E-state index in [1.807, 2.05) is 30.3 Å². The molecule has 0 aliphatic carbocycles. The van der Waals surface area contributed by atoms with E-state index in [0.717, 1.165) is 5.56 Å². The topological polar surface area (TPSA) is 38.8 Å². The lowest BCUT2D eigenvalue weighted by atomic mass is 10.1. The molecule has 6 heteroatoms. The molecule has 1 aliphatic rings. The fraction of sp³-hybridized carbons (Fsp3) is 0.417. The number of esters is 1. The van der Waals surface area contributed by atoms with Gasteiger partial charge in [0.2, 0.25) is 3.79 Å². The van der Waals surface area contributed by atoms with Gasteiger partial charge in [-0.3, -0.25) is 4.79 Å². The van der Waals surface area contributed by atoms with Crippen LogP contribution in [0, 0.1) is 0 Å². The Labute approximate surface area is 120 Å². The summed E-state index contributed by atoms with van der Waals surface area (Å²) >= 11 is 17.4. The minimum Gasteiger partial charge on any atom is -0.455 e. The second-order valence-electron chi connectivity index (χ2n) is 4.00. The van der Waals surface area contributed by atoms with Gasteiger partial charge in [0.15, 0.2) is 6.10 Å². The molecule has 2 rings (SSSR count).